The van der Waals surface area contributed by atoms with E-state index in [2.05, 4.69) is 10.3 Å². The molecule has 4 rings (SSSR count). The minimum absolute atomic E-state index is 0.170. The van der Waals surface area contributed by atoms with E-state index in [0.29, 0.717) is 35.3 Å². The first-order valence-electron chi connectivity index (χ1n) is 8.44. The Morgan fingerprint density at radius 1 is 1.08 bits per heavy atom. The van der Waals surface area contributed by atoms with Crippen LogP contribution in [0.5, 0.6) is 11.5 Å². The first kappa shape index (κ1) is 16.6. The SMILES string of the molecule is Cc1nc(-c2ccccc2)sc1C(=O)Nc1ccc2c(c1)OCCCO2. The second-order valence-corrected chi connectivity index (χ2v) is 6.96. The molecule has 0 spiro atoms. The Morgan fingerprint density at radius 2 is 1.85 bits per heavy atom. The van der Waals surface area contributed by atoms with Crippen LogP contribution in [0.25, 0.3) is 10.6 Å². The van der Waals surface area contributed by atoms with Gasteiger partial charge in [0.05, 0.1) is 18.9 Å². The smallest absolute Gasteiger partial charge is 0.267 e. The number of ether oxygens (including phenoxy) is 2. The van der Waals surface area contributed by atoms with Crippen molar-refractivity contribution in [1.29, 1.82) is 0 Å². The standard InChI is InChI=1S/C20H18N2O3S/c1-13-18(26-20(21-13)14-6-3-2-4-7-14)19(23)22-15-8-9-16-17(12-15)25-11-5-10-24-16/h2-4,6-9,12H,5,10-11H2,1H3,(H,22,23). The highest BCUT2D eigenvalue weighted by molar-refractivity contribution is 7.17. The summed E-state index contributed by atoms with van der Waals surface area (Å²) < 4.78 is 11.3. The van der Waals surface area contributed by atoms with Crippen LogP contribution in [-0.2, 0) is 0 Å². The van der Waals surface area contributed by atoms with Crippen molar-refractivity contribution in [2.75, 3.05) is 18.5 Å². The zero-order chi connectivity index (χ0) is 17.9. The van der Waals surface area contributed by atoms with Crippen molar-refractivity contribution in [3.63, 3.8) is 0 Å². The number of anilines is 1. The van der Waals surface area contributed by atoms with E-state index in [1.54, 1.807) is 6.07 Å². The van der Waals surface area contributed by atoms with Crippen molar-refractivity contribution < 1.29 is 14.3 Å². The number of carbonyl (C=O) groups excluding carboxylic acids is 1. The molecule has 0 radical (unpaired) electrons. The number of carbonyl (C=O) groups is 1. The van der Waals surface area contributed by atoms with Gasteiger partial charge in [0.15, 0.2) is 11.5 Å². The third-order valence-corrected chi connectivity index (χ3v) is 5.23. The molecule has 1 N–H and O–H groups in total. The van der Waals surface area contributed by atoms with Crippen LogP contribution < -0.4 is 14.8 Å². The molecule has 0 aliphatic carbocycles. The van der Waals surface area contributed by atoms with Crippen molar-refractivity contribution in [2.24, 2.45) is 0 Å². The molecule has 6 heteroatoms. The fourth-order valence-corrected chi connectivity index (χ4v) is 3.71. The minimum Gasteiger partial charge on any atom is -0.490 e. The number of hydrogen-bond acceptors (Lipinski definition) is 5. The van der Waals surface area contributed by atoms with Gasteiger partial charge in [-0.15, -0.1) is 11.3 Å². The molecule has 0 atom stereocenters. The Kier molecular flexibility index (Phi) is 4.58. The molecule has 1 aromatic heterocycles. The Morgan fingerprint density at radius 3 is 2.65 bits per heavy atom. The first-order valence-corrected chi connectivity index (χ1v) is 9.26. The summed E-state index contributed by atoms with van der Waals surface area (Å²) in [5, 5.41) is 3.77. The van der Waals surface area contributed by atoms with Gasteiger partial charge in [0.2, 0.25) is 0 Å². The van der Waals surface area contributed by atoms with Crippen LogP contribution in [0, 0.1) is 6.92 Å². The lowest BCUT2D eigenvalue weighted by Crippen LogP contribution is -2.11. The minimum atomic E-state index is -0.170. The van der Waals surface area contributed by atoms with Crippen molar-refractivity contribution in [2.45, 2.75) is 13.3 Å². The number of aromatic nitrogens is 1. The third kappa shape index (κ3) is 3.41. The maximum absolute atomic E-state index is 12.7. The van der Waals surface area contributed by atoms with Crippen LogP contribution in [0.15, 0.2) is 48.5 Å². The summed E-state index contributed by atoms with van der Waals surface area (Å²) in [6.45, 7) is 3.10. The van der Waals surface area contributed by atoms with E-state index in [9.17, 15) is 4.79 Å². The fraction of sp³-hybridized carbons (Fsp3) is 0.200. The maximum atomic E-state index is 12.7. The van der Waals surface area contributed by atoms with Gasteiger partial charge in [0.1, 0.15) is 9.88 Å². The molecule has 26 heavy (non-hydrogen) atoms. The van der Waals surface area contributed by atoms with Crippen molar-refractivity contribution in [3.8, 4) is 22.1 Å². The number of nitrogens with zero attached hydrogens (tertiary/aromatic N) is 1. The first-order chi connectivity index (χ1) is 12.7. The van der Waals surface area contributed by atoms with Crippen LogP contribution in [-0.4, -0.2) is 24.1 Å². The highest BCUT2D eigenvalue weighted by Gasteiger charge is 2.17. The fourth-order valence-electron chi connectivity index (χ4n) is 2.74. The second-order valence-electron chi connectivity index (χ2n) is 5.97. The topological polar surface area (TPSA) is 60.5 Å². The Balaban J connectivity index is 1.55. The van der Waals surface area contributed by atoms with Crippen molar-refractivity contribution in [1.82, 2.24) is 4.98 Å². The summed E-state index contributed by atoms with van der Waals surface area (Å²) in [7, 11) is 0. The summed E-state index contributed by atoms with van der Waals surface area (Å²) in [5.41, 5.74) is 2.41. The van der Waals surface area contributed by atoms with E-state index in [0.717, 1.165) is 22.7 Å². The Labute approximate surface area is 155 Å². The lowest BCUT2D eigenvalue weighted by Gasteiger charge is -2.10. The number of benzene rings is 2. The van der Waals surface area contributed by atoms with Gasteiger partial charge in [-0.1, -0.05) is 30.3 Å². The van der Waals surface area contributed by atoms with E-state index in [1.165, 1.54) is 11.3 Å². The monoisotopic (exact) mass is 366 g/mol. The molecule has 1 aliphatic heterocycles. The Bertz CT molecular complexity index is 937. The van der Waals surface area contributed by atoms with Gasteiger partial charge in [-0.25, -0.2) is 4.98 Å². The summed E-state index contributed by atoms with van der Waals surface area (Å²) in [5.74, 6) is 1.20. The molecule has 3 aromatic rings. The molecule has 0 fully saturated rings. The molecule has 0 saturated carbocycles. The third-order valence-electron chi connectivity index (χ3n) is 4.03. The second kappa shape index (κ2) is 7.17. The normalized spacial score (nSPS) is 13.1. The molecule has 2 heterocycles. The summed E-state index contributed by atoms with van der Waals surface area (Å²) in [4.78, 5) is 17.8. The zero-order valence-electron chi connectivity index (χ0n) is 14.3. The van der Waals surface area contributed by atoms with E-state index in [-0.39, 0.29) is 5.91 Å². The maximum Gasteiger partial charge on any atom is 0.267 e. The van der Waals surface area contributed by atoms with E-state index >= 15 is 0 Å². The van der Waals surface area contributed by atoms with Crippen molar-refractivity contribution in [3.05, 3.63) is 59.1 Å². The average Bonchev–Trinajstić information content (AvgIpc) is 2.90. The number of nitrogens with one attached hydrogen (secondary N) is 1. The van der Waals surface area contributed by atoms with Crippen LogP contribution >= 0.6 is 11.3 Å². The number of hydrogen-bond donors (Lipinski definition) is 1. The molecule has 2 aromatic carbocycles. The zero-order valence-corrected chi connectivity index (χ0v) is 15.1. The predicted molar refractivity (Wildman–Crippen MR) is 102 cm³/mol. The van der Waals surface area contributed by atoms with Gasteiger partial charge in [-0.2, -0.15) is 0 Å². The summed E-state index contributed by atoms with van der Waals surface area (Å²) in [6.07, 6.45) is 0.846. The highest BCUT2D eigenvalue weighted by Crippen LogP contribution is 2.33. The average molecular weight is 366 g/mol. The van der Waals surface area contributed by atoms with Gasteiger partial charge >= 0.3 is 0 Å². The van der Waals surface area contributed by atoms with E-state index < -0.39 is 0 Å². The van der Waals surface area contributed by atoms with E-state index in [4.69, 9.17) is 9.47 Å². The molecule has 132 valence electrons. The molecule has 0 unspecified atom stereocenters. The number of fused-ring (bicyclic) bond motifs is 1. The molecular formula is C20H18N2O3S. The van der Waals surface area contributed by atoms with E-state index in [1.807, 2.05) is 49.4 Å². The quantitative estimate of drug-likeness (QED) is 0.740. The number of rotatable bonds is 3. The predicted octanol–water partition coefficient (Wildman–Crippen LogP) is 4.53. The molecule has 1 amide bonds. The summed E-state index contributed by atoms with van der Waals surface area (Å²) in [6, 6.07) is 15.3. The number of thiazole rings is 1. The van der Waals surface area contributed by atoms with Crippen LogP contribution in [0.4, 0.5) is 5.69 Å². The lowest BCUT2D eigenvalue weighted by atomic mass is 10.2. The molecular weight excluding hydrogens is 348 g/mol. The van der Waals surface area contributed by atoms with Crippen LogP contribution in [0.3, 0.4) is 0 Å². The van der Waals surface area contributed by atoms with Crippen LogP contribution in [0.2, 0.25) is 0 Å². The number of aryl methyl sites for hydroxylation is 1. The molecule has 0 bridgehead atoms. The molecule has 1 aliphatic rings. The van der Waals surface area contributed by atoms with Gasteiger partial charge in [-0.3, -0.25) is 4.79 Å². The van der Waals surface area contributed by atoms with Crippen molar-refractivity contribution >= 4 is 22.9 Å². The lowest BCUT2D eigenvalue weighted by molar-refractivity contribution is 0.103. The Hall–Kier alpha value is -2.86. The highest BCUT2D eigenvalue weighted by atomic mass is 32.1. The van der Waals surface area contributed by atoms with Gasteiger partial charge in [0, 0.05) is 23.7 Å². The van der Waals surface area contributed by atoms with Gasteiger partial charge in [0.25, 0.3) is 5.91 Å². The summed E-state index contributed by atoms with van der Waals surface area (Å²) >= 11 is 1.39. The van der Waals surface area contributed by atoms with Gasteiger partial charge < -0.3 is 14.8 Å². The number of amides is 1. The van der Waals surface area contributed by atoms with Gasteiger partial charge in [-0.05, 0) is 19.1 Å². The largest absolute Gasteiger partial charge is 0.490 e. The van der Waals surface area contributed by atoms with Crippen LogP contribution in [0.1, 0.15) is 21.8 Å². The molecule has 5 nitrogen and oxygen atoms in total. The molecule has 0 saturated heterocycles.